The Kier molecular flexibility index (Phi) is 6.75. The molecule has 0 saturated heterocycles. The van der Waals surface area contributed by atoms with Crippen molar-refractivity contribution in [1.29, 1.82) is 0 Å². The van der Waals surface area contributed by atoms with E-state index in [-0.39, 0.29) is 11.9 Å². The molecule has 0 aliphatic heterocycles. The van der Waals surface area contributed by atoms with Crippen molar-refractivity contribution in [2.75, 3.05) is 5.75 Å². The van der Waals surface area contributed by atoms with Crippen LogP contribution >= 0.6 is 23.4 Å². The van der Waals surface area contributed by atoms with Crippen LogP contribution in [0.5, 0.6) is 0 Å². The molecule has 0 aliphatic carbocycles. The maximum Gasteiger partial charge on any atom is 0.233 e. The van der Waals surface area contributed by atoms with Gasteiger partial charge in [0.1, 0.15) is 0 Å². The van der Waals surface area contributed by atoms with E-state index in [0.29, 0.717) is 28.3 Å². The van der Waals surface area contributed by atoms with E-state index in [1.165, 1.54) is 11.8 Å². The molecule has 0 radical (unpaired) electrons. The molecule has 2 aromatic carbocycles. The summed E-state index contributed by atoms with van der Waals surface area (Å²) in [5.74, 6) is 1.07. The van der Waals surface area contributed by atoms with Crippen molar-refractivity contribution < 1.29 is 4.79 Å². The standard InChI is InChI=1S/C21H23ClN4OS/c1-15(2)26(13-16-9-5-4-6-10-16)19(27)14-28-21-24-23-20(25(21)3)17-11-7-8-12-18(17)22/h4-12,15H,13-14H2,1-3H3. The van der Waals surface area contributed by atoms with E-state index in [9.17, 15) is 4.79 Å². The van der Waals surface area contributed by atoms with E-state index >= 15 is 0 Å². The van der Waals surface area contributed by atoms with Crippen molar-refractivity contribution in [2.24, 2.45) is 7.05 Å². The summed E-state index contributed by atoms with van der Waals surface area (Å²) in [7, 11) is 1.88. The van der Waals surface area contributed by atoms with Crippen LogP contribution in [0.3, 0.4) is 0 Å². The van der Waals surface area contributed by atoms with Gasteiger partial charge < -0.3 is 9.47 Å². The number of amides is 1. The number of carbonyl (C=O) groups is 1. The first-order valence-corrected chi connectivity index (χ1v) is 10.4. The summed E-state index contributed by atoms with van der Waals surface area (Å²) >= 11 is 7.66. The summed E-state index contributed by atoms with van der Waals surface area (Å²) in [6, 6.07) is 17.7. The molecule has 28 heavy (non-hydrogen) atoms. The van der Waals surface area contributed by atoms with Gasteiger partial charge in [-0.3, -0.25) is 4.79 Å². The highest BCUT2D eigenvalue weighted by molar-refractivity contribution is 7.99. The lowest BCUT2D eigenvalue weighted by Crippen LogP contribution is -2.37. The highest BCUT2D eigenvalue weighted by Crippen LogP contribution is 2.28. The van der Waals surface area contributed by atoms with Gasteiger partial charge in [-0.2, -0.15) is 0 Å². The van der Waals surface area contributed by atoms with Crippen LogP contribution < -0.4 is 0 Å². The predicted octanol–water partition coefficient (Wildman–Crippen LogP) is 4.66. The minimum atomic E-state index is 0.0751. The minimum absolute atomic E-state index is 0.0751. The van der Waals surface area contributed by atoms with Gasteiger partial charge in [-0.1, -0.05) is 65.8 Å². The third kappa shape index (κ3) is 4.75. The van der Waals surface area contributed by atoms with E-state index in [4.69, 9.17) is 11.6 Å². The van der Waals surface area contributed by atoms with Crippen molar-refractivity contribution in [3.8, 4) is 11.4 Å². The molecule has 0 bridgehead atoms. The number of carbonyl (C=O) groups excluding carboxylic acids is 1. The lowest BCUT2D eigenvalue weighted by Gasteiger charge is -2.26. The molecule has 3 aromatic rings. The summed E-state index contributed by atoms with van der Waals surface area (Å²) in [4.78, 5) is 14.7. The number of halogens is 1. The second kappa shape index (κ2) is 9.26. The Balaban J connectivity index is 1.69. The van der Waals surface area contributed by atoms with Gasteiger partial charge in [0.15, 0.2) is 11.0 Å². The highest BCUT2D eigenvalue weighted by Gasteiger charge is 2.20. The molecular weight excluding hydrogens is 392 g/mol. The average molecular weight is 415 g/mol. The quantitative estimate of drug-likeness (QED) is 0.527. The van der Waals surface area contributed by atoms with Crippen molar-refractivity contribution in [2.45, 2.75) is 31.6 Å². The van der Waals surface area contributed by atoms with Crippen LogP contribution in [0, 0.1) is 0 Å². The Morgan fingerprint density at radius 1 is 1.11 bits per heavy atom. The van der Waals surface area contributed by atoms with Gasteiger partial charge in [0.05, 0.1) is 10.8 Å². The number of hydrogen-bond donors (Lipinski definition) is 0. The fourth-order valence-electron chi connectivity index (χ4n) is 2.87. The lowest BCUT2D eigenvalue weighted by molar-refractivity contribution is -0.130. The van der Waals surface area contributed by atoms with Crippen molar-refractivity contribution in [1.82, 2.24) is 19.7 Å². The first-order valence-electron chi connectivity index (χ1n) is 9.08. The molecule has 7 heteroatoms. The fourth-order valence-corrected chi connectivity index (χ4v) is 3.88. The molecule has 0 N–H and O–H groups in total. The number of rotatable bonds is 7. The number of aromatic nitrogens is 3. The number of benzene rings is 2. The summed E-state index contributed by atoms with van der Waals surface area (Å²) in [5.41, 5.74) is 1.94. The van der Waals surface area contributed by atoms with Crippen molar-refractivity contribution >= 4 is 29.3 Å². The third-order valence-electron chi connectivity index (χ3n) is 4.41. The van der Waals surface area contributed by atoms with E-state index in [1.54, 1.807) is 0 Å². The zero-order valence-corrected chi connectivity index (χ0v) is 17.7. The Bertz CT molecular complexity index is 943. The lowest BCUT2D eigenvalue weighted by atomic mass is 10.2. The summed E-state index contributed by atoms with van der Waals surface area (Å²) in [6.45, 7) is 4.66. The second-order valence-electron chi connectivity index (χ2n) is 6.73. The Hall–Kier alpha value is -2.31. The molecule has 0 saturated carbocycles. The van der Waals surface area contributed by atoms with Gasteiger partial charge in [0.2, 0.25) is 5.91 Å². The van der Waals surface area contributed by atoms with Gasteiger partial charge >= 0.3 is 0 Å². The first-order chi connectivity index (χ1) is 13.5. The average Bonchev–Trinajstić information content (AvgIpc) is 3.05. The molecule has 0 aliphatic rings. The van der Waals surface area contributed by atoms with Crippen LogP contribution in [-0.2, 0) is 18.4 Å². The predicted molar refractivity (Wildman–Crippen MR) is 114 cm³/mol. The first kappa shape index (κ1) is 20.4. The molecule has 1 amide bonds. The molecule has 1 heterocycles. The van der Waals surface area contributed by atoms with Crippen molar-refractivity contribution in [3.63, 3.8) is 0 Å². The monoisotopic (exact) mass is 414 g/mol. The molecule has 0 atom stereocenters. The molecular formula is C21H23ClN4OS. The molecule has 0 unspecified atom stereocenters. The summed E-state index contributed by atoms with van der Waals surface area (Å²) < 4.78 is 1.87. The van der Waals surface area contributed by atoms with E-state index in [0.717, 1.165) is 11.1 Å². The van der Waals surface area contributed by atoms with E-state index in [2.05, 4.69) is 10.2 Å². The maximum atomic E-state index is 12.8. The second-order valence-corrected chi connectivity index (χ2v) is 8.08. The van der Waals surface area contributed by atoms with Crippen LogP contribution in [0.15, 0.2) is 59.8 Å². The zero-order chi connectivity index (χ0) is 20.1. The molecule has 1 aromatic heterocycles. The molecule has 3 rings (SSSR count). The topological polar surface area (TPSA) is 51.0 Å². The SMILES string of the molecule is CC(C)N(Cc1ccccc1)C(=O)CSc1nnc(-c2ccccc2Cl)n1C. The van der Waals surface area contributed by atoms with Gasteiger partial charge in [-0.05, 0) is 31.5 Å². The Labute approximate surface area is 174 Å². The number of nitrogens with zero attached hydrogens (tertiary/aromatic N) is 4. The van der Waals surface area contributed by atoms with Crippen LogP contribution in [0.2, 0.25) is 5.02 Å². The van der Waals surface area contributed by atoms with Gasteiger partial charge in [0.25, 0.3) is 0 Å². The van der Waals surface area contributed by atoms with Gasteiger partial charge in [0, 0.05) is 25.2 Å². The van der Waals surface area contributed by atoms with Crippen LogP contribution in [0.1, 0.15) is 19.4 Å². The third-order valence-corrected chi connectivity index (χ3v) is 5.75. The highest BCUT2D eigenvalue weighted by atomic mass is 35.5. The minimum Gasteiger partial charge on any atom is -0.335 e. The Morgan fingerprint density at radius 3 is 2.46 bits per heavy atom. The number of thioether (sulfide) groups is 1. The van der Waals surface area contributed by atoms with E-state index in [1.807, 2.05) is 85.0 Å². The largest absolute Gasteiger partial charge is 0.335 e. The van der Waals surface area contributed by atoms with Crippen LogP contribution in [0.4, 0.5) is 0 Å². The smallest absolute Gasteiger partial charge is 0.233 e. The number of hydrogen-bond acceptors (Lipinski definition) is 4. The Morgan fingerprint density at radius 2 is 1.79 bits per heavy atom. The van der Waals surface area contributed by atoms with E-state index < -0.39 is 0 Å². The molecule has 146 valence electrons. The fraction of sp³-hybridized carbons (Fsp3) is 0.286. The van der Waals surface area contributed by atoms with Crippen LogP contribution in [-0.4, -0.2) is 37.4 Å². The normalized spacial score (nSPS) is 11.0. The molecule has 0 spiro atoms. The van der Waals surface area contributed by atoms with Gasteiger partial charge in [-0.25, -0.2) is 0 Å². The maximum absolute atomic E-state index is 12.8. The summed E-state index contributed by atoms with van der Waals surface area (Å²) in [6.07, 6.45) is 0. The van der Waals surface area contributed by atoms with Crippen LogP contribution in [0.25, 0.3) is 11.4 Å². The van der Waals surface area contributed by atoms with Gasteiger partial charge in [-0.15, -0.1) is 10.2 Å². The zero-order valence-electron chi connectivity index (χ0n) is 16.2. The molecule has 0 fully saturated rings. The summed E-state index contributed by atoms with van der Waals surface area (Å²) in [5, 5.41) is 9.81. The van der Waals surface area contributed by atoms with Crippen molar-refractivity contribution in [3.05, 3.63) is 65.2 Å². The molecule has 5 nitrogen and oxygen atoms in total.